The molecular formula is C13H21FN2. The summed E-state index contributed by atoms with van der Waals surface area (Å²) in [6, 6.07) is 0. The molecule has 0 aliphatic rings. The minimum absolute atomic E-state index is 0.229. The highest BCUT2D eigenvalue weighted by Crippen LogP contribution is 2.14. The van der Waals surface area contributed by atoms with E-state index in [9.17, 15) is 4.39 Å². The fourth-order valence-electron chi connectivity index (χ4n) is 1.19. The van der Waals surface area contributed by atoms with E-state index >= 15 is 0 Å². The van der Waals surface area contributed by atoms with Gasteiger partial charge in [0.05, 0.1) is 12.4 Å². The van der Waals surface area contributed by atoms with Crippen molar-refractivity contribution in [2.45, 2.75) is 34.1 Å². The van der Waals surface area contributed by atoms with Gasteiger partial charge in [-0.2, -0.15) is 0 Å². The molecule has 0 bridgehead atoms. The van der Waals surface area contributed by atoms with Crippen LogP contribution < -0.4 is 5.73 Å². The van der Waals surface area contributed by atoms with Gasteiger partial charge in [-0.1, -0.05) is 19.1 Å². The molecule has 0 spiro atoms. The van der Waals surface area contributed by atoms with Crippen molar-refractivity contribution in [1.29, 1.82) is 0 Å². The van der Waals surface area contributed by atoms with E-state index in [0.717, 1.165) is 17.6 Å². The van der Waals surface area contributed by atoms with Crippen LogP contribution in [0.5, 0.6) is 0 Å². The number of allylic oxidation sites excluding steroid dienone is 4. The zero-order valence-electron chi connectivity index (χ0n) is 10.5. The van der Waals surface area contributed by atoms with E-state index in [4.69, 9.17) is 5.73 Å². The van der Waals surface area contributed by atoms with Gasteiger partial charge in [-0.15, -0.1) is 0 Å². The summed E-state index contributed by atoms with van der Waals surface area (Å²) in [5, 5.41) is 0. The molecule has 0 radical (unpaired) electrons. The van der Waals surface area contributed by atoms with E-state index in [-0.39, 0.29) is 5.83 Å². The van der Waals surface area contributed by atoms with E-state index in [2.05, 4.69) is 4.99 Å². The largest absolute Gasteiger partial charge is 0.388 e. The summed E-state index contributed by atoms with van der Waals surface area (Å²) >= 11 is 0. The summed E-state index contributed by atoms with van der Waals surface area (Å²) in [5.41, 5.74) is 7.39. The van der Waals surface area contributed by atoms with Gasteiger partial charge in [0.15, 0.2) is 0 Å². The highest BCUT2D eigenvalue weighted by Gasteiger charge is 2.00. The predicted octanol–water partition coefficient (Wildman–Crippen LogP) is 3.52. The topological polar surface area (TPSA) is 38.4 Å². The average molecular weight is 224 g/mol. The summed E-state index contributed by atoms with van der Waals surface area (Å²) in [6.07, 6.45) is 5.89. The Hall–Kier alpha value is -1.38. The molecule has 16 heavy (non-hydrogen) atoms. The van der Waals surface area contributed by atoms with Crippen LogP contribution in [0.1, 0.15) is 34.1 Å². The summed E-state index contributed by atoms with van der Waals surface area (Å²) in [6.45, 7) is 7.85. The molecular weight excluding hydrogens is 203 g/mol. The second-order valence-electron chi connectivity index (χ2n) is 3.60. The molecule has 90 valence electrons. The van der Waals surface area contributed by atoms with E-state index in [0.29, 0.717) is 12.4 Å². The van der Waals surface area contributed by atoms with Crippen molar-refractivity contribution >= 4 is 5.84 Å². The van der Waals surface area contributed by atoms with Crippen molar-refractivity contribution < 1.29 is 4.39 Å². The first-order valence-electron chi connectivity index (χ1n) is 5.47. The van der Waals surface area contributed by atoms with Crippen LogP contribution >= 0.6 is 0 Å². The summed E-state index contributed by atoms with van der Waals surface area (Å²) < 4.78 is 13.1. The van der Waals surface area contributed by atoms with Gasteiger partial charge in [-0.3, -0.25) is 4.99 Å². The molecule has 0 amide bonds. The lowest BCUT2D eigenvalue weighted by Crippen LogP contribution is -2.07. The molecule has 0 heterocycles. The molecule has 0 aliphatic heterocycles. The van der Waals surface area contributed by atoms with Gasteiger partial charge in [0, 0.05) is 0 Å². The van der Waals surface area contributed by atoms with Crippen LogP contribution in [-0.2, 0) is 0 Å². The Morgan fingerprint density at radius 1 is 1.38 bits per heavy atom. The van der Waals surface area contributed by atoms with Gasteiger partial charge in [0.2, 0.25) is 0 Å². The molecule has 0 saturated carbocycles. The number of halogens is 1. The number of aliphatic imine (C=N–C) groups is 1. The van der Waals surface area contributed by atoms with Gasteiger partial charge >= 0.3 is 0 Å². The average Bonchev–Trinajstić information content (AvgIpc) is 2.23. The van der Waals surface area contributed by atoms with E-state index in [1.54, 1.807) is 13.8 Å². The minimum atomic E-state index is -0.229. The quantitative estimate of drug-likeness (QED) is 0.433. The lowest BCUT2D eigenvalue weighted by Gasteiger charge is -2.05. The number of hydrogen-bond acceptors (Lipinski definition) is 1. The molecule has 0 aromatic carbocycles. The Morgan fingerprint density at radius 2 is 2.00 bits per heavy atom. The Kier molecular flexibility index (Phi) is 7.18. The second-order valence-corrected chi connectivity index (χ2v) is 3.60. The Balaban J connectivity index is 4.87. The van der Waals surface area contributed by atoms with Crippen molar-refractivity contribution in [1.82, 2.24) is 0 Å². The first-order valence-corrected chi connectivity index (χ1v) is 5.47. The molecule has 0 unspecified atom stereocenters. The normalized spacial score (nSPS) is 15.6. The molecule has 0 aliphatic carbocycles. The monoisotopic (exact) mass is 224 g/mol. The molecule has 2 N–H and O–H groups in total. The Labute approximate surface area is 97.5 Å². The Bertz CT molecular complexity index is 332. The van der Waals surface area contributed by atoms with Crippen LogP contribution in [0.15, 0.2) is 40.2 Å². The smallest absolute Gasteiger partial charge is 0.119 e. The lowest BCUT2D eigenvalue weighted by molar-refractivity contribution is 0.663. The van der Waals surface area contributed by atoms with Crippen molar-refractivity contribution in [3.05, 3.63) is 35.2 Å². The van der Waals surface area contributed by atoms with Crippen LogP contribution in [0, 0.1) is 0 Å². The van der Waals surface area contributed by atoms with Gasteiger partial charge in [-0.25, -0.2) is 4.39 Å². The number of amidine groups is 1. The van der Waals surface area contributed by atoms with Crippen molar-refractivity contribution in [3.63, 3.8) is 0 Å². The van der Waals surface area contributed by atoms with Gasteiger partial charge in [0.1, 0.15) is 5.83 Å². The van der Waals surface area contributed by atoms with Crippen molar-refractivity contribution in [3.8, 4) is 0 Å². The van der Waals surface area contributed by atoms with Gasteiger partial charge in [-0.05, 0) is 44.4 Å². The van der Waals surface area contributed by atoms with E-state index < -0.39 is 0 Å². The molecule has 0 atom stereocenters. The first kappa shape index (κ1) is 14.6. The highest BCUT2D eigenvalue weighted by atomic mass is 19.1. The molecule has 0 aromatic heterocycles. The summed E-state index contributed by atoms with van der Waals surface area (Å²) in [7, 11) is 0. The SMILES string of the molecule is C\C=C(F)/C=C(C)\C(=C\CC)CN=C(C)N. The number of hydrogen-bond donors (Lipinski definition) is 1. The summed E-state index contributed by atoms with van der Waals surface area (Å²) in [5.74, 6) is 0.314. The molecule has 0 fully saturated rings. The maximum Gasteiger partial charge on any atom is 0.119 e. The van der Waals surface area contributed by atoms with Crippen LogP contribution in [-0.4, -0.2) is 12.4 Å². The Morgan fingerprint density at radius 3 is 2.44 bits per heavy atom. The zero-order valence-corrected chi connectivity index (χ0v) is 10.5. The van der Waals surface area contributed by atoms with Crippen LogP contribution in [0.3, 0.4) is 0 Å². The highest BCUT2D eigenvalue weighted by molar-refractivity contribution is 5.77. The van der Waals surface area contributed by atoms with Crippen LogP contribution in [0.25, 0.3) is 0 Å². The molecule has 0 aromatic rings. The van der Waals surface area contributed by atoms with Gasteiger partial charge < -0.3 is 5.73 Å². The lowest BCUT2D eigenvalue weighted by atomic mass is 10.1. The predicted molar refractivity (Wildman–Crippen MR) is 69.2 cm³/mol. The standard InChI is InChI=1S/C13H21FN2/c1-5-7-12(9-16-11(4)15)10(3)8-13(14)6-2/h6-8H,5,9H2,1-4H3,(H2,15,16)/b10-8-,12-7+,13-6+. The van der Waals surface area contributed by atoms with Gasteiger partial charge in [0.25, 0.3) is 0 Å². The molecule has 0 rings (SSSR count). The summed E-state index contributed by atoms with van der Waals surface area (Å²) in [4.78, 5) is 4.14. The van der Waals surface area contributed by atoms with Crippen LogP contribution in [0.4, 0.5) is 4.39 Å². The zero-order chi connectivity index (χ0) is 12.6. The molecule has 0 saturated heterocycles. The first-order chi connectivity index (χ1) is 7.51. The fraction of sp³-hybridized carbons (Fsp3) is 0.462. The van der Waals surface area contributed by atoms with E-state index in [1.807, 2.05) is 19.9 Å². The molecule has 3 heteroatoms. The maximum absolute atomic E-state index is 13.1. The third kappa shape index (κ3) is 6.17. The van der Waals surface area contributed by atoms with Crippen molar-refractivity contribution in [2.24, 2.45) is 10.7 Å². The van der Waals surface area contributed by atoms with Crippen LogP contribution in [0.2, 0.25) is 0 Å². The molecule has 2 nitrogen and oxygen atoms in total. The van der Waals surface area contributed by atoms with Crippen molar-refractivity contribution in [2.75, 3.05) is 6.54 Å². The number of rotatable bonds is 5. The minimum Gasteiger partial charge on any atom is -0.388 e. The maximum atomic E-state index is 13.1. The number of nitrogens with two attached hydrogens (primary N) is 1. The second kappa shape index (κ2) is 7.85. The van der Waals surface area contributed by atoms with E-state index in [1.165, 1.54) is 12.2 Å². The third-order valence-electron chi connectivity index (χ3n) is 2.09. The fourth-order valence-corrected chi connectivity index (χ4v) is 1.19. The number of nitrogens with zero attached hydrogens (tertiary/aromatic N) is 1. The third-order valence-corrected chi connectivity index (χ3v) is 2.09.